The number of carboxylic acid groups (broad SMARTS) is 1. The minimum atomic E-state index is -0.875. The average Bonchev–Trinajstić information content (AvgIpc) is 3.11. The molecule has 4 aliphatic rings. The molecule has 3 saturated heterocycles. The van der Waals surface area contributed by atoms with Gasteiger partial charge in [-0.05, 0) is 61.5 Å². The second-order valence-electron chi connectivity index (χ2n) is 7.50. The molecule has 26 heavy (non-hydrogen) atoms. The van der Waals surface area contributed by atoms with Crippen molar-refractivity contribution >= 4 is 6.09 Å². The smallest absolute Gasteiger partial charge is 0.408 e. The van der Waals surface area contributed by atoms with Gasteiger partial charge in [-0.15, -0.1) is 0 Å². The van der Waals surface area contributed by atoms with Gasteiger partial charge in [0, 0.05) is 0 Å². The molecule has 3 fully saturated rings. The van der Waals surface area contributed by atoms with Gasteiger partial charge in [0.05, 0.1) is 12.6 Å². The van der Waals surface area contributed by atoms with Crippen LogP contribution in [0.25, 0.3) is 0 Å². The highest BCUT2D eigenvalue weighted by Gasteiger charge is 2.34. The lowest BCUT2D eigenvalue weighted by Gasteiger charge is -2.38. The van der Waals surface area contributed by atoms with Crippen molar-refractivity contribution < 1.29 is 9.90 Å². The molecule has 4 nitrogen and oxygen atoms in total. The highest BCUT2D eigenvalue weighted by molar-refractivity contribution is 5.68. The van der Waals surface area contributed by atoms with E-state index in [1.165, 1.54) is 43.8 Å². The topological polar surface area (TPSA) is 43.8 Å². The number of carbonyl (C=O) groups is 1. The van der Waals surface area contributed by atoms with E-state index in [9.17, 15) is 9.90 Å². The van der Waals surface area contributed by atoms with E-state index in [0.29, 0.717) is 6.54 Å². The minimum absolute atomic E-state index is 0.181. The molecule has 6 rings (SSSR count). The maximum Gasteiger partial charge on any atom is 0.408 e. The van der Waals surface area contributed by atoms with Crippen LogP contribution in [0.1, 0.15) is 42.0 Å². The largest absolute Gasteiger partial charge is 0.465 e. The van der Waals surface area contributed by atoms with E-state index in [1.54, 1.807) is 0 Å². The number of rotatable bonds is 1. The monoisotopic (exact) mass is 350 g/mol. The van der Waals surface area contributed by atoms with Crippen LogP contribution in [0.4, 0.5) is 4.79 Å². The van der Waals surface area contributed by atoms with Crippen molar-refractivity contribution in [2.75, 3.05) is 19.6 Å². The normalized spacial score (nSPS) is 26.0. The molecule has 4 aliphatic heterocycles. The number of fused-ring (bicyclic) bond motifs is 4. The van der Waals surface area contributed by atoms with Crippen molar-refractivity contribution in [1.29, 1.82) is 0 Å². The van der Waals surface area contributed by atoms with Gasteiger partial charge < -0.3 is 10.0 Å². The molecule has 1 unspecified atom stereocenters. The van der Waals surface area contributed by atoms with Gasteiger partial charge in [0.1, 0.15) is 0 Å². The first-order valence-electron chi connectivity index (χ1n) is 9.57. The summed E-state index contributed by atoms with van der Waals surface area (Å²) in [4.78, 5) is 15.4. The Kier molecular flexibility index (Phi) is 4.93. The van der Waals surface area contributed by atoms with Gasteiger partial charge in [-0.25, -0.2) is 4.79 Å². The molecule has 0 saturated carbocycles. The molecule has 0 aromatic heterocycles. The molecule has 0 spiro atoms. The van der Waals surface area contributed by atoms with Crippen LogP contribution < -0.4 is 0 Å². The van der Waals surface area contributed by atoms with Crippen molar-refractivity contribution in [1.82, 2.24) is 9.80 Å². The summed E-state index contributed by atoms with van der Waals surface area (Å²) in [6.07, 6.45) is 3.58. The fraction of sp³-hybridized carbons (Fsp3) is 0.409. The molecule has 2 aromatic rings. The van der Waals surface area contributed by atoms with E-state index >= 15 is 0 Å². The standard InChI is InChI=1S/C15H13NO2.C7H13N/c17-15(18)16-10-12-8-4-5-9-13(12)14(16)11-6-2-1-3-7-11;1-4-8-5-2-7(1)3-6-8/h1-9,14H,10H2,(H,17,18);7H,1-6H2. The van der Waals surface area contributed by atoms with Gasteiger partial charge in [-0.2, -0.15) is 0 Å². The lowest BCUT2D eigenvalue weighted by Crippen LogP contribution is -2.41. The van der Waals surface area contributed by atoms with Crippen molar-refractivity contribution in [3.63, 3.8) is 0 Å². The average molecular weight is 350 g/mol. The molecule has 2 bridgehead atoms. The number of nitrogens with zero attached hydrogens (tertiary/aromatic N) is 2. The van der Waals surface area contributed by atoms with Crippen LogP contribution in [0.3, 0.4) is 0 Å². The first-order chi connectivity index (χ1) is 12.7. The van der Waals surface area contributed by atoms with Crippen LogP contribution in [0, 0.1) is 5.92 Å². The van der Waals surface area contributed by atoms with E-state index in [1.807, 2.05) is 54.6 Å². The molecular weight excluding hydrogens is 324 g/mol. The highest BCUT2D eigenvalue weighted by Crippen LogP contribution is 2.38. The van der Waals surface area contributed by atoms with E-state index in [0.717, 1.165) is 22.6 Å². The van der Waals surface area contributed by atoms with Crippen LogP contribution in [0.15, 0.2) is 54.6 Å². The molecule has 1 N–H and O–H groups in total. The third kappa shape index (κ3) is 3.47. The van der Waals surface area contributed by atoms with Crippen LogP contribution >= 0.6 is 0 Å². The third-order valence-electron chi connectivity index (χ3n) is 5.92. The second kappa shape index (κ2) is 7.50. The Morgan fingerprint density at radius 3 is 2.04 bits per heavy atom. The fourth-order valence-electron chi connectivity index (χ4n) is 4.42. The Morgan fingerprint density at radius 1 is 0.885 bits per heavy atom. The van der Waals surface area contributed by atoms with Crippen molar-refractivity contribution in [3.05, 3.63) is 71.3 Å². The molecule has 136 valence electrons. The summed E-state index contributed by atoms with van der Waals surface area (Å²) >= 11 is 0. The Hall–Kier alpha value is -2.33. The molecule has 1 amide bonds. The number of benzene rings is 2. The fourth-order valence-corrected chi connectivity index (χ4v) is 4.42. The van der Waals surface area contributed by atoms with Gasteiger partial charge in [0.2, 0.25) is 0 Å². The van der Waals surface area contributed by atoms with E-state index in [2.05, 4.69) is 4.90 Å². The zero-order chi connectivity index (χ0) is 17.9. The number of hydrogen-bond donors (Lipinski definition) is 1. The van der Waals surface area contributed by atoms with Gasteiger partial charge in [-0.3, -0.25) is 4.90 Å². The highest BCUT2D eigenvalue weighted by atomic mass is 16.4. The predicted octanol–water partition coefficient (Wildman–Crippen LogP) is 4.37. The van der Waals surface area contributed by atoms with Crippen LogP contribution in [-0.4, -0.2) is 40.6 Å². The Labute approximate surface area is 155 Å². The summed E-state index contributed by atoms with van der Waals surface area (Å²) in [5, 5.41) is 9.34. The van der Waals surface area contributed by atoms with Gasteiger partial charge >= 0.3 is 6.09 Å². The molecule has 1 atom stereocenters. The van der Waals surface area contributed by atoms with Gasteiger partial charge in [-0.1, -0.05) is 54.6 Å². The van der Waals surface area contributed by atoms with Crippen LogP contribution in [0.2, 0.25) is 0 Å². The summed E-state index contributed by atoms with van der Waals surface area (Å²) in [5.41, 5.74) is 3.20. The number of hydrogen-bond acceptors (Lipinski definition) is 2. The molecule has 0 aliphatic carbocycles. The zero-order valence-corrected chi connectivity index (χ0v) is 15.1. The summed E-state index contributed by atoms with van der Waals surface area (Å²) in [6, 6.07) is 17.5. The summed E-state index contributed by atoms with van der Waals surface area (Å²) < 4.78 is 0. The van der Waals surface area contributed by atoms with Crippen LogP contribution in [-0.2, 0) is 6.54 Å². The molecule has 0 radical (unpaired) electrons. The Balaban J connectivity index is 0.000000174. The third-order valence-corrected chi connectivity index (χ3v) is 5.92. The molecule has 4 heteroatoms. The van der Waals surface area contributed by atoms with E-state index in [4.69, 9.17) is 0 Å². The van der Waals surface area contributed by atoms with Crippen LogP contribution in [0.5, 0.6) is 0 Å². The van der Waals surface area contributed by atoms with Crippen molar-refractivity contribution in [3.8, 4) is 0 Å². The summed E-state index contributed by atoms with van der Waals surface area (Å²) in [6.45, 7) is 4.64. The first-order valence-corrected chi connectivity index (χ1v) is 9.57. The van der Waals surface area contributed by atoms with E-state index in [-0.39, 0.29) is 6.04 Å². The quantitative estimate of drug-likeness (QED) is 0.830. The number of amides is 1. The predicted molar refractivity (Wildman–Crippen MR) is 102 cm³/mol. The van der Waals surface area contributed by atoms with Crippen molar-refractivity contribution in [2.24, 2.45) is 5.92 Å². The molecule has 2 aromatic carbocycles. The SMILES string of the molecule is C1CN2CCC1CC2.O=C(O)N1Cc2ccccc2C1c1ccccc1. The number of piperidine rings is 3. The Morgan fingerprint density at radius 2 is 1.50 bits per heavy atom. The van der Waals surface area contributed by atoms with Crippen molar-refractivity contribution in [2.45, 2.75) is 31.8 Å². The van der Waals surface area contributed by atoms with E-state index < -0.39 is 6.09 Å². The van der Waals surface area contributed by atoms with Gasteiger partial charge in [0.15, 0.2) is 0 Å². The maximum atomic E-state index is 11.4. The molecule has 4 heterocycles. The summed E-state index contributed by atoms with van der Waals surface area (Å²) in [7, 11) is 0. The zero-order valence-electron chi connectivity index (χ0n) is 15.1. The summed E-state index contributed by atoms with van der Waals surface area (Å²) in [5.74, 6) is 1.11. The van der Waals surface area contributed by atoms with Gasteiger partial charge in [0.25, 0.3) is 0 Å². The maximum absolute atomic E-state index is 11.4. The lowest BCUT2D eigenvalue weighted by atomic mass is 9.89. The lowest BCUT2D eigenvalue weighted by molar-refractivity contribution is 0.111. The first kappa shape index (κ1) is 17.1. The second-order valence-corrected chi connectivity index (χ2v) is 7.50. The Bertz CT molecular complexity index is 731. The minimum Gasteiger partial charge on any atom is -0.465 e. The molecular formula is C22H26N2O2.